The maximum atomic E-state index is 5.40. The number of hydrogen-bond donors (Lipinski definition) is 1. The molecule has 6 heteroatoms. The maximum Gasteiger partial charge on any atom is 0.181 e. The average molecular weight is 256 g/mol. The molecule has 1 N–H and O–H groups in total. The fraction of sp³-hybridized carbons (Fsp3) is 0.154. The summed E-state index contributed by atoms with van der Waals surface area (Å²) in [6.07, 6.45) is 3.15. The van der Waals surface area contributed by atoms with Crippen LogP contribution in [0.25, 0.3) is 22.6 Å². The summed E-state index contributed by atoms with van der Waals surface area (Å²) >= 11 is 0. The van der Waals surface area contributed by atoms with Gasteiger partial charge in [0.1, 0.15) is 17.7 Å². The molecule has 0 amide bonds. The summed E-state index contributed by atoms with van der Waals surface area (Å²) in [7, 11) is 3.20. The molecule has 2 heterocycles. The zero-order valence-electron chi connectivity index (χ0n) is 10.5. The van der Waals surface area contributed by atoms with Crippen LogP contribution in [-0.2, 0) is 0 Å². The lowest BCUT2D eigenvalue weighted by Gasteiger charge is -2.10. The number of methoxy groups -OCH3 is 2. The van der Waals surface area contributed by atoms with Crippen LogP contribution < -0.4 is 9.47 Å². The number of imidazole rings is 1. The Kier molecular flexibility index (Phi) is 2.75. The number of hydrogen-bond acceptors (Lipinski definition) is 5. The molecule has 0 fully saturated rings. The SMILES string of the molecule is COc1cccc(-c2nc3ncncc3[nH]2)c1OC. The highest BCUT2D eigenvalue weighted by molar-refractivity contribution is 5.78. The highest BCUT2D eigenvalue weighted by Crippen LogP contribution is 2.36. The van der Waals surface area contributed by atoms with Crippen LogP contribution in [0.5, 0.6) is 11.5 Å². The van der Waals surface area contributed by atoms with Crippen molar-refractivity contribution in [1.29, 1.82) is 0 Å². The Labute approximate surface area is 109 Å². The molecule has 3 aromatic rings. The molecule has 0 radical (unpaired) electrons. The van der Waals surface area contributed by atoms with Gasteiger partial charge in [-0.25, -0.2) is 15.0 Å². The number of benzene rings is 1. The van der Waals surface area contributed by atoms with Gasteiger partial charge >= 0.3 is 0 Å². The van der Waals surface area contributed by atoms with E-state index in [-0.39, 0.29) is 0 Å². The minimum atomic E-state index is 0.620. The molecular formula is C13H12N4O2. The molecule has 3 rings (SSSR count). The zero-order valence-corrected chi connectivity index (χ0v) is 10.5. The summed E-state index contributed by atoms with van der Waals surface area (Å²) in [5, 5.41) is 0. The molecule has 0 aliphatic carbocycles. The van der Waals surface area contributed by atoms with E-state index in [1.54, 1.807) is 20.4 Å². The standard InChI is InChI=1S/C13H12N4O2/c1-18-10-5-3-4-8(11(10)19-2)12-16-9-6-14-7-15-13(9)17-12/h3-7H,1-2H3,(H,14,15,16,17). The van der Waals surface area contributed by atoms with Crippen LogP contribution in [0.15, 0.2) is 30.7 Å². The number of H-pyrrole nitrogens is 1. The molecule has 0 saturated heterocycles. The monoisotopic (exact) mass is 256 g/mol. The molecule has 0 aliphatic rings. The number of aromatic amines is 1. The van der Waals surface area contributed by atoms with Crippen LogP contribution in [0.4, 0.5) is 0 Å². The molecule has 0 saturated carbocycles. The van der Waals surface area contributed by atoms with Gasteiger partial charge < -0.3 is 14.5 Å². The fourth-order valence-electron chi connectivity index (χ4n) is 1.96. The minimum absolute atomic E-state index is 0.620. The van der Waals surface area contributed by atoms with E-state index < -0.39 is 0 Å². The number of ether oxygens (including phenoxy) is 2. The summed E-state index contributed by atoms with van der Waals surface area (Å²) in [6, 6.07) is 5.63. The number of para-hydroxylation sites is 1. The Morgan fingerprint density at radius 3 is 2.79 bits per heavy atom. The van der Waals surface area contributed by atoms with E-state index in [4.69, 9.17) is 9.47 Å². The number of rotatable bonds is 3. The Bertz CT molecular complexity index is 690. The van der Waals surface area contributed by atoms with Crippen LogP contribution in [0.2, 0.25) is 0 Å². The van der Waals surface area contributed by atoms with E-state index in [1.165, 1.54) is 6.33 Å². The van der Waals surface area contributed by atoms with Crippen LogP contribution in [0.1, 0.15) is 0 Å². The first-order chi connectivity index (χ1) is 9.33. The number of nitrogens with one attached hydrogen (secondary N) is 1. The van der Waals surface area contributed by atoms with Gasteiger partial charge in [-0.05, 0) is 12.1 Å². The van der Waals surface area contributed by atoms with Crippen molar-refractivity contribution in [2.45, 2.75) is 0 Å². The lowest BCUT2D eigenvalue weighted by molar-refractivity contribution is 0.356. The zero-order chi connectivity index (χ0) is 13.2. The van der Waals surface area contributed by atoms with E-state index in [9.17, 15) is 0 Å². The van der Waals surface area contributed by atoms with Gasteiger partial charge in [-0.15, -0.1) is 0 Å². The number of nitrogens with zero attached hydrogens (tertiary/aromatic N) is 3. The lowest BCUT2D eigenvalue weighted by atomic mass is 10.2. The van der Waals surface area contributed by atoms with Gasteiger partial charge in [0.25, 0.3) is 0 Å². The van der Waals surface area contributed by atoms with Gasteiger partial charge in [-0.2, -0.15) is 0 Å². The van der Waals surface area contributed by atoms with E-state index >= 15 is 0 Å². The first-order valence-corrected chi connectivity index (χ1v) is 5.70. The van der Waals surface area contributed by atoms with Gasteiger partial charge in [0, 0.05) is 0 Å². The molecule has 0 atom stereocenters. The van der Waals surface area contributed by atoms with Gasteiger partial charge in [0.2, 0.25) is 0 Å². The Hall–Kier alpha value is -2.63. The van der Waals surface area contributed by atoms with Gasteiger partial charge in [-0.3, -0.25) is 0 Å². The van der Waals surface area contributed by atoms with Crippen LogP contribution in [0, 0.1) is 0 Å². The van der Waals surface area contributed by atoms with Crippen molar-refractivity contribution in [3.63, 3.8) is 0 Å². The molecular weight excluding hydrogens is 244 g/mol. The normalized spacial score (nSPS) is 10.6. The second kappa shape index (κ2) is 4.56. The largest absolute Gasteiger partial charge is 0.493 e. The summed E-state index contributed by atoms with van der Waals surface area (Å²) in [4.78, 5) is 15.6. The summed E-state index contributed by atoms with van der Waals surface area (Å²) < 4.78 is 10.7. The molecule has 0 spiro atoms. The topological polar surface area (TPSA) is 72.9 Å². The first-order valence-electron chi connectivity index (χ1n) is 5.70. The van der Waals surface area contributed by atoms with Crippen molar-refractivity contribution < 1.29 is 9.47 Å². The molecule has 19 heavy (non-hydrogen) atoms. The van der Waals surface area contributed by atoms with Crippen LogP contribution in [-0.4, -0.2) is 34.2 Å². The molecule has 6 nitrogen and oxygen atoms in total. The minimum Gasteiger partial charge on any atom is -0.493 e. The second-order valence-corrected chi connectivity index (χ2v) is 3.89. The molecule has 2 aromatic heterocycles. The number of fused-ring (bicyclic) bond motifs is 1. The van der Waals surface area contributed by atoms with Crippen molar-refractivity contribution in [3.8, 4) is 22.9 Å². The van der Waals surface area contributed by atoms with Crippen LogP contribution in [0.3, 0.4) is 0 Å². The highest BCUT2D eigenvalue weighted by Gasteiger charge is 2.14. The van der Waals surface area contributed by atoms with E-state index in [2.05, 4.69) is 19.9 Å². The summed E-state index contributed by atoms with van der Waals surface area (Å²) in [5.41, 5.74) is 2.22. The Morgan fingerprint density at radius 1 is 1.16 bits per heavy atom. The quantitative estimate of drug-likeness (QED) is 0.776. The first kappa shape index (κ1) is 11.5. The Balaban J connectivity index is 2.20. The molecule has 0 unspecified atom stereocenters. The summed E-state index contributed by atoms with van der Waals surface area (Å²) in [5.74, 6) is 1.97. The number of aromatic nitrogens is 4. The predicted molar refractivity (Wildman–Crippen MR) is 70.2 cm³/mol. The van der Waals surface area contributed by atoms with Crippen LogP contribution >= 0.6 is 0 Å². The average Bonchev–Trinajstić information content (AvgIpc) is 2.89. The second-order valence-electron chi connectivity index (χ2n) is 3.89. The highest BCUT2D eigenvalue weighted by atomic mass is 16.5. The van der Waals surface area contributed by atoms with E-state index in [0.717, 1.165) is 11.1 Å². The van der Waals surface area contributed by atoms with Gasteiger partial charge in [0.15, 0.2) is 17.1 Å². The van der Waals surface area contributed by atoms with E-state index in [1.807, 2.05) is 18.2 Å². The smallest absolute Gasteiger partial charge is 0.181 e. The third kappa shape index (κ3) is 1.87. The molecule has 0 aliphatic heterocycles. The molecule has 0 bridgehead atoms. The fourth-order valence-corrected chi connectivity index (χ4v) is 1.96. The van der Waals surface area contributed by atoms with Gasteiger partial charge in [0.05, 0.1) is 26.0 Å². The van der Waals surface area contributed by atoms with Crippen molar-refractivity contribution in [3.05, 3.63) is 30.7 Å². The molecule has 1 aromatic carbocycles. The summed E-state index contributed by atoms with van der Waals surface area (Å²) in [6.45, 7) is 0. The maximum absolute atomic E-state index is 5.40. The lowest BCUT2D eigenvalue weighted by Crippen LogP contribution is -1.93. The third-order valence-electron chi connectivity index (χ3n) is 2.82. The van der Waals surface area contributed by atoms with Crippen molar-refractivity contribution >= 4 is 11.2 Å². The van der Waals surface area contributed by atoms with Crippen molar-refractivity contribution in [2.75, 3.05) is 14.2 Å². The van der Waals surface area contributed by atoms with Crippen molar-refractivity contribution in [2.24, 2.45) is 0 Å². The van der Waals surface area contributed by atoms with Crippen molar-refractivity contribution in [1.82, 2.24) is 19.9 Å². The van der Waals surface area contributed by atoms with Gasteiger partial charge in [-0.1, -0.05) is 6.07 Å². The van der Waals surface area contributed by atoms with E-state index in [0.29, 0.717) is 23.0 Å². The third-order valence-corrected chi connectivity index (χ3v) is 2.82. The predicted octanol–water partition coefficient (Wildman–Crippen LogP) is 2.04. The molecule has 96 valence electrons. The Morgan fingerprint density at radius 2 is 2.05 bits per heavy atom.